The lowest BCUT2D eigenvalue weighted by Gasteiger charge is -2.33. The number of hydrogen-bond donors (Lipinski definition) is 2. The Hall–Kier alpha value is -3.56. The van der Waals surface area contributed by atoms with Crippen LogP contribution in [0.15, 0.2) is 64.3 Å². The summed E-state index contributed by atoms with van der Waals surface area (Å²) in [6.45, 7) is -1.87. The van der Waals surface area contributed by atoms with Crippen molar-refractivity contribution in [2.45, 2.75) is 30.3 Å². The van der Waals surface area contributed by atoms with E-state index in [1.807, 2.05) is 0 Å². The Labute approximate surface area is 238 Å². The zero-order chi connectivity index (χ0) is 30.9. The van der Waals surface area contributed by atoms with Crippen LogP contribution in [0, 0.1) is 0 Å². The summed E-state index contributed by atoms with van der Waals surface area (Å²) in [5.74, 6) is -4.49. The highest BCUT2D eigenvalue weighted by molar-refractivity contribution is 7.49. The van der Waals surface area contributed by atoms with Crippen molar-refractivity contribution < 1.29 is 55.0 Å². The average molecular weight is 641 g/mol. The van der Waals surface area contributed by atoms with Crippen LogP contribution >= 0.6 is 19.4 Å². The number of nitrogens with zero attached hydrogens (tertiary/aromatic N) is 1. The van der Waals surface area contributed by atoms with Crippen molar-refractivity contribution in [1.29, 1.82) is 0 Å². The number of benzene rings is 2. The van der Waals surface area contributed by atoms with Gasteiger partial charge in [-0.15, -0.1) is 0 Å². The van der Waals surface area contributed by atoms with Crippen LogP contribution in [0.3, 0.4) is 0 Å². The molecule has 4 rings (SSSR count). The molecule has 1 fully saturated rings. The zero-order valence-electron chi connectivity index (χ0n) is 21.5. The molecular formula is C24H22ClF4N2O10P. The van der Waals surface area contributed by atoms with Crippen LogP contribution in [-0.2, 0) is 13.8 Å². The molecule has 1 aromatic heterocycles. The van der Waals surface area contributed by atoms with Crippen LogP contribution in [0.1, 0.15) is 6.23 Å². The summed E-state index contributed by atoms with van der Waals surface area (Å²) in [7, 11) is -2.34. The number of aromatic nitrogens is 2. The number of alkyl halides is 4. The second kappa shape index (κ2) is 12.0. The number of aromatic amines is 1. The van der Waals surface area contributed by atoms with Gasteiger partial charge in [-0.1, -0.05) is 11.6 Å². The van der Waals surface area contributed by atoms with Gasteiger partial charge in [0.2, 0.25) is 5.60 Å². The lowest BCUT2D eigenvalue weighted by atomic mass is 9.95. The molecule has 3 aromatic rings. The predicted molar refractivity (Wildman–Crippen MR) is 137 cm³/mol. The molecule has 0 aliphatic carbocycles. The fraction of sp³-hybridized carbons (Fsp3) is 0.333. The molecule has 2 heterocycles. The zero-order valence-corrected chi connectivity index (χ0v) is 23.2. The molecule has 18 heteroatoms. The Kier molecular flexibility index (Phi) is 8.94. The fourth-order valence-electron chi connectivity index (χ4n) is 3.81. The molecule has 1 saturated heterocycles. The van der Waals surface area contributed by atoms with E-state index in [0.717, 1.165) is 0 Å². The summed E-state index contributed by atoms with van der Waals surface area (Å²) in [6, 6.07) is 10.5. The molecule has 2 N–H and O–H groups in total. The monoisotopic (exact) mass is 640 g/mol. The van der Waals surface area contributed by atoms with Gasteiger partial charge in [0.25, 0.3) is 12.0 Å². The molecule has 12 nitrogen and oxygen atoms in total. The minimum Gasteiger partial charge on any atom is -0.497 e. The highest BCUT2D eigenvalue weighted by Crippen LogP contribution is 2.56. The normalized spacial score (nSPS) is 21.7. The summed E-state index contributed by atoms with van der Waals surface area (Å²) in [6.07, 6.45) is -9.14. The Morgan fingerprint density at radius 3 is 1.93 bits per heavy atom. The summed E-state index contributed by atoms with van der Waals surface area (Å²) in [4.78, 5) is 25.5. The Morgan fingerprint density at radius 1 is 1.00 bits per heavy atom. The van der Waals surface area contributed by atoms with E-state index in [1.54, 1.807) is 4.98 Å². The van der Waals surface area contributed by atoms with Crippen molar-refractivity contribution in [3.63, 3.8) is 0 Å². The van der Waals surface area contributed by atoms with Gasteiger partial charge in [0.1, 0.15) is 34.6 Å². The number of H-pyrrole nitrogens is 1. The van der Waals surface area contributed by atoms with Crippen molar-refractivity contribution in [2.24, 2.45) is 0 Å². The molecule has 0 amide bonds. The third kappa shape index (κ3) is 5.99. The number of nitrogens with one attached hydrogen (secondary N) is 1. The molecule has 42 heavy (non-hydrogen) atoms. The van der Waals surface area contributed by atoms with Gasteiger partial charge >= 0.3 is 19.4 Å². The first-order chi connectivity index (χ1) is 19.7. The molecule has 0 saturated carbocycles. The van der Waals surface area contributed by atoms with Crippen molar-refractivity contribution in [3.8, 4) is 23.0 Å². The standard InChI is InChI=1S/C24H22ClF4N2O10P/c1-36-13-3-7-15(8-4-13)40-42(35,41-16-9-5-14(37-2)6-10-16)38-12-23(21(26)27)24(28,29)18(32)20(39-23)31-11-17(25)19(33)30-22(31)34/h3-11,18,20-21,32H,12H2,1-2H3,(H,30,33,34)/t18-,20+,23-/m0/s1. The van der Waals surface area contributed by atoms with Crippen LogP contribution in [0.5, 0.6) is 23.0 Å². The Morgan fingerprint density at radius 2 is 1.48 bits per heavy atom. The van der Waals surface area contributed by atoms with E-state index in [9.17, 15) is 28.0 Å². The first-order valence-corrected chi connectivity index (χ1v) is 13.5. The molecule has 0 spiro atoms. The van der Waals surface area contributed by atoms with E-state index in [1.165, 1.54) is 62.8 Å². The molecule has 0 radical (unpaired) electrons. The third-order valence-corrected chi connectivity index (χ3v) is 7.66. The number of hydrogen-bond acceptors (Lipinski definition) is 10. The maximum Gasteiger partial charge on any atom is 0.587 e. The van der Waals surface area contributed by atoms with Gasteiger partial charge < -0.3 is 28.4 Å². The summed E-state index contributed by atoms with van der Waals surface area (Å²) in [5.41, 5.74) is -6.50. The van der Waals surface area contributed by atoms with Gasteiger partial charge in [-0.25, -0.2) is 18.1 Å². The summed E-state index contributed by atoms with van der Waals surface area (Å²) >= 11 is 5.64. The highest BCUT2D eigenvalue weighted by Gasteiger charge is 2.74. The van der Waals surface area contributed by atoms with Crippen LogP contribution in [-0.4, -0.2) is 59.5 Å². The van der Waals surface area contributed by atoms with Gasteiger partial charge in [-0.05, 0) is 48.5 Å². The van der Waals surface area contributed by atoms with Crippen molar-refractivity contribution in [2.75, 3.05) is 20.8 Å². The number of aliphatic hydroxyl groups is 1. The van der Waals surface area contributed by atoms with Crippen molar-refractivity contribution in [3.05, 3.63) is 80.6 Å². The smallest absolute Gasteiger partial charge is 0.497 e. The van der Waals surface area contributed by atoms with E-state index in [2.05, 4.69) is 0 Å². The number of aliphatic hydroxyl groups excluding tert-OH is 1. The number of halogens is 5. The predicted octanol–water partition coefficient (Wildman–Crippen LogP) is 4.02. The third-order valence-electron chi connectivity index (χ3n) is 6.08. The largest absolute Gasteiger partial charge is 0.587 e. The second-order valence-corrected chi connectivity index (χ2v) is 10.6. The van der Waals surface area contributed by atoms with E-state index in [-0.39, 0.29) is 16.1 Å². The first kappa shape index (κ1) is 31.4. The minimum atomic E-state index is -5.08. The maximum atomic E-state index is 15.4. The summed E-state index contributed by atoms with van der Waals surface area (Å²) in [5, 5.41) is 9.63. The second-order valence-electron chi connectivity index (χ2n) is 8.66. The minimum absolute atomic E-state index is 0.190. The molecule has 0 unspecified atom stereocenters. The SMILES string of the molecule is COc1ccc(OP(=O)(OC[C@@]2(C(F)F)O[C@@H](n3cc(Cl)c(=O)[nH]c3=O)[C@H](O)C2(F)F)Oc2ccc(OC)cc2)cc1. The van der Waals surface area contributed by atoms with Crippen LogP contribution in [0.4, 0.5) is 17.6 Å². The number of phosphoric ester groups is 1. The van der Waals surface area contributed by atoms with Gasteiger partial charge in [-0.2, -0.15) is 8.78 Å². The van der Waals surface area contributed by atoms with Crippen LogP contribution in [0.2, 0.25) is 5.02 Å². The quantitative estimate of drug-likeness (QED) is 0.233. The average Bonchev–Trinajstić information content (AvgIpc) is 3.16. The topological polar surface area (TPSA) is 148 Å². The van der Waals surface area contributed by atoms with Gasteiger partial charge in [0, 0.05) is 6.20 Å². The van der Waals surface area contributed by atoms with E-state index >= 15 is 8.78 Å². The highest BCUT2D eigenvalue weighted by atomic mass is 35.5. The molecule has 1 aliphatic heterocycles. The molecule has 1 aliphatic rings. The van der Waals surface area contributed by atoms with Crippen molar-refractivity contribution >= 4 is 19.4 Å². The van der Waals surface area contributed by atoms with Crippen LogP contribution < -0.4 is 29.8 Å². The van der Waals surface area contributed by atoms with E-state index in [4.69, 9.17) is 39.4 Å². The number of phosphoric acid groups is 1. The fourth-order valence-corrected chi connectivity index (χ4v) is 5.22. The lowest BCUT2D eigenvalue weighted by Crippen LogP contribution is -2.57. The number of rotatable bonds is 11. The van der Waals surface area contributed by atoms with Gasteiger partial charge in [-0.3, -0.25) is 18.9 Å². The number of ether oxygens (including phenoxy) is 3. The molecule has 228 valence electrons. The van der Waals surface area contributed by atoms with Crippen LogP contribution in [0.25, 0.3) is 0 Å². The summed E-state index contributed by atoms with van der Waals surface area (Å²) < 4.78 is 104. The molecule has 0 bridgehead atoms. The van der Waals surface area contributed by atoms with Gasteiger partial charge in [0.15, 0.2) is 12.3 Å². The van der Waals surface area contributed by atoms with E-state index < -0.39 is 61.0 Å². The molecule has 3 atom stereocenters. The lowest BCUT2D eigenvalue weighted by molar-refractivity contribution is -0.242. The first-order valence-electron chi connectivity index (χ1n) is 11.7. The van der Waals surface area contributed by atoms with E-state index in [0.29, 0.717) is 17.7 Å². The van der Waals surface area contributed by atoms with Gasteiger partial charge in [0.05, 0.1) is 14.2 Å². The Balaban J connectivity index is 1.69. The Bertz CT molecular complexity index is 1520. The number of methoxy groups -OCH3 is 2. The molecular weight excluding hydrogens is 619 g/mol. The van der Waals surface area contributed by atoms with Crippen molar-refractivity contribution in [1.82, 2.24) is 9.55 Å². The molecule has 2 aromatic carbocycles. The maximum absolute atomic E-state index is 15.4.